The van der Waals surface area contributed by atoms with Crippen molar-refractivity contribution in [2.75, 3.05) is 0 Å². The minimum absolute atomic E-state index is 0.323. The Morgan fingerprint density at radius 2 is 2.00 bits per heavy atom. The van der Waals surface area contributed by atoms with Gasteiger partial charge in [-0.05, 0) is 24.5 Å². The van der Waals surface area contributed by atoms with Gasteiger partial charge < -0.3 is 15.3 Å². The summed E-state index contributed by atoms with van der Waals surface area (Å²) in [6, 6.07) is 2.85. The summed E-state index contributed by atoms with van der Waals surface area (Å²) in [5.74, 6) is -2.04. The highest BCUT2D eigenvalue weighted by Gasteiger charge is 2.17. The van der Waals surface area contributed by atoms with Gasteiger partial charge in [0.2, 0.25) is 0 Å². The zero-order valence-corrected chi connectivity index (χ0v) is 8.53. The third-order valence-corrected chi connectivity index (χ3v) is 2.25. The molecule has 0 aliphatic rings. The van der Waals surface area contributed by atoms with Crippen LogP contribution in [-0.2, 0) is 6.42 Å². The van der Waals surface area contributed by atoms with Crippen LogP contribution in [-0.4, -0.2) is 21.3 Å². The predicted octanol–water partition coefficient (Wildman–Crippen LogP) is 2.14. The fraction of sp³-hybridized carbons (Fsp3) is 0.364. The second-order valence-electron chi connectivity index (χ2n) is 3.38. The monoisotopic (exact) mass is 210 g/mol. The van der Waals surface area contributed by atoms with Crippen LogP contribution in [0.15, 0.2) is 12.1 Å². The first-order chi connectivity index (χ1) is 7.07. The topological polar surface area (TPSA) is 77.8 Å². The summed E-state index contributed by atoms with van der Waals surface area (Å²) in [5.41, 5.74) is 0.149. The van der Waals surface area contributed by atoms with E-state index in [0.717, 1.165) is 12.8 Å². The third kappa shape index (κ3) is 2.40. The van der Waals surface area contributed by atoms with Gasteiger partial charge in [-0.25, -0.2) is 4.79 Å². The van der Waals surface area contributed by atoms with Crippen LogP contribution in [0.4, 0.5) is 0 Å². The van der Waals surface area contributed by atoms with E-state index in [9.17, 15) is 15.0 Å². The summed E-state index contributed by atoms with van der Waals surface area (Å²) in [4.78, 5) is 10.7. The Morgan fingerprint density at radius 1 is 1.33 bits per heavy atom. The van der Waals surface area contributed by atoms with Gasteiger partial charge in [0.15, 0.2) is 0 Å². The minimum Gasteiger partial charge on any atom is -0.507 e. The molecule has 4 heteroatoms. The van der Waals surface area contributed by atoms with Crippen molar-refractivity contribution >= 4 is 5.97 Å². The molecule has 0 aromatic heterocycles. The Hall–Kier alpha value is -1.71. The van der Waals surface area contributed by atoms with Crippen molar-refractivity contribution < 1.29 is 20.1 Å². The highest BCUT2D eigenvalue weighted by Crippen LogP contribution is 2.31. The fourth-order valence-corrected chi connectivity index (χ4v) is 1.40. The maximum Gasteiger partial charge on any atom is 0.343 e. The SMILES string of the molecule is CCCCc1ccc(O)c(C(=O)O)c1O. The quantitative estimate of drug-likeness (QED) is 0.711. The zero-order valence-electron chi connectivity index (χ0n) is 8.53. The molecule has 0 aliphatic carbocycles. The predicted molar refractivity (Wildman–Crippen MR) is 55.3 cm³/mol. The number of carboxylic acid groups (broad SMARTS) is 1. The molecular weight excluding hydrogens is 196 g/mol. The van der Waals surface area contributed by atoms with Crippen molar-refractivity contribution in [3.05, 3.63) is 23.3 Å². The number of rotatable bonds is 4. The van der Waals surface area contributed by atoms with Gasteiger partial charge in [0.25, 0.3) is 0 Å². The average Bonchev–Trinajstić information content (AvgIpc) is 2.16. The van der Waals surface area contributed by atoms with E-state index in [1.165, 1.54) is 6.07 Å². The van der Waals surface area contributed by atoms with Crippen LogP contribution in [0.2, 0.25) is 0 Å². The van der Waals surface area contributed by atoms with Crippen molar-refractivity contribution in [2.45, 2.75) is 26.2 Å². The zero-order chi connectivity index (χ0) is 11.4. The number of aromatic carboxylic acids is 1. The second-order valence-corrected chi connectivity index (χ2v) is 3.38. The average molecular weight is 210 g/mol. The molecule has 15 heavy (non-hydrogen) atoms. The lowest BCUT2D eigenvalue weighted by Gasteiger charge is -2.08. The molecule has 3 N–H and O–H groups in total. The summed E-state index contributed by atoms with van der Waals surface area (Å²) in [6.45, 7) is 2.01. The van der Waals surface area contributed by atoms with E-state index >= 15 is 0 Å². The number of hydrogen-bond donors (Lipinski definition) is 3. The summed E-state index contributed by atoms with van der Waals surface area (Å²) in [6.07, 6.45) is 2.45. The van der Waals surface area contributed by atoms with Crippen LogP contribution in [0.25, 0.3) is 0 Å². The van der Waals surface area contributed by atoms with Crippen LogP contribution < -0.4 is 0 Å². The molecule has 4 nitrogen and oxygen atoms in total. The number of phenols is 2. The standard InChI is InChI=1S/C11H14O4/c1-2-3-4-7-5-6-8(12)9(10(7)13)11(14)15/h5-6,12-13H,2-4H2,1H3,(H,14,15). The highest BCUT2D eigenvalue weighted by molar-refractivity contribution is 5.94. The van der Waals surface area contributed by atoms with Crippen LogP contribution >= 0.6 is 0 Å². The maximum atomic E-state index is 10.7. The normalized spacial score (nSPS) is 10.2. The Balaban J connectivity index is 3.11. The Bertz CT molecular complexity index is 371. The summed E-state index contributed by atoms with van der Waals surface area (Å²) in [5, 5.41) is 27.7. The molecule has 0 saturated heterocycles. The highest BCUT2D eigenvalue weighted by atomic mass is 16.4. The number of aryl methyl sites for hydroxylation is 1. The smallest absolute Gasteiger partial charge is 0.343 e. The lowest BCUT2D eigenvalue weighted by molar-refractivity contribution is 0.0690. The van der Waals surface area contributed by atoms with Crippen molar-refractivity contribution in [3.8, 4) is 11.5 Å². The van der Waals surface area contributed by atoms with Crippen molar-refractivity contribution in [2.24, 2.45) is 0 Å². The molecule has 82 valence electrons. The van der Waals surface area contributed by atoms with Gasteiger partial charge in [0.05, 0.1) is 0 Å². The van der Waals surface area contributed by atoms with Gasteiger partial charge in [0.1, 0.15) is 17.1 Å². The van der Waals surface area contributed by atoms with E-state index in [4.69, 9.17) is 5.11 Å². The molecule has 0 heterocycles. The van der Waals surface area contributed by atoms with Gasteiger partial charge in [-0.1, -0.05) is 19.4 Å². The Kier molecular flexibility index (Phi) is 3.55. The summed E-state index contributed by atoms with van der Waals surface area (Å²) >= 11 is 0. The Labute approximate surface area is 87.8 Å². The molecule has 0 unspecified atom stereocenters. The molecule has 0 amide bonds. The van der Waals surface area contributed by atoms with Crippen LogP contribution in [0.3, 0.4) is 0 Å². The van der Waals surface area contributed by atoms with E-state index in [0.29, 0.717) is 12.0 Å². The van der Waals surface area contributed by atoms with Crippen molar-refractivity contribution in [1.29, 1.82) is 0 Å². The number of hydrogen-bond acceptors (Lipinski definition) is 3. The molecule has 0 bridgehead atoms. The van der Waals surface area contributed by atoms with Crippen LogP contribution in [0, 0.1) is 0 Å². The third-order valence-electron chi connectivity index (χ3n) is 2.25. The van der Waals surface area contributed by atoms with E-state index in [2.05, 4.69) is 0 Å². The molecule has 1 rings (SSSR count). The van der Waals surface area contributed by atoms with Crippen LogP contribution in [0.1, 0.15) is 35.7 Å². The lowest BCUT2D eigenvalue weighted by atomic mass is 10.0. The van der Waals surface area contributed by atoms with E-state index < -0.39 is 17.3 Å². The van der Waals surface area contributed by atoms with Gasteiger partial charge in [-0.2, -0.15) is 0 Å². The number of unbranched alkanes of at least 4 members (excludes halogenated alkanes) is 1. The molecular formula is C11H14O4. The van der Waals surface area contributed by atoms with Crippen LogP contribution in [0.5, 0.6) is 11.5 Å². The molecule has 0 radical (unpaired) electrons. The van der Waals surface area contributed by atoms with E-state index in [-0.39, 0.29) is 5.75 Å². The number of aromatic hydroxyl groups is 2. The first-order valence-corrected chi connectivity index (χ1v) is 4.85. The molecule has 0 aliphatic heterocycles. The van der Waals surface area contributed by atoms with Gasteiger partial charge in [-0.15, -0.1) is 0 Å². The molecule has 0 saturated carbocycles. The van der Waals surface area contributed by atoms with Gasteiger partial charge in [-0.3, -0.25) is 0 Å². The first-order valence-electron chi connectivity index (χ1n) is 4.85. The van der Waals surface area contributed by atoms with Crippen molar-refractivity contribution in [1.82, 2.24) is 0 Å². The molecule has 0 fully saturated rings. The number of carboxylic acids is 1. The second kappa shape index (κ2) is 4.68. The summed E-state index contributed by atoms with van der Waals surface area (Å²) in [7, 11) is 0. The van der Waals surface area contributed by atoms with E-state index in [1.807, 2.05) is 6.92 Å². The number of benzene rings is 1. The summed E-state index contributed by atoms with van der Waals surface area (Å²) < 4.78 is 0. The minimum atomic E-state index is -1.32. The first kappa shape index (κ1) is 11.4. The maximum absolute atomic E-state index is 10.7. The molecule has 1 aromatic carbocycles. The van der Waals surface area contributed by atoms with Gasteiger partial charge >= 0.3 is 5.97 Å². The van der Waals surface area contributed by atoms with Gasteiger partial charge in [0, 0.05) is 0 Å². The molecule has 1 aromatic rings. The lowest BCUT2D eigenvalue weighted by Crippen LogP contribution is -2.00. The molecule has 0 atom stereocenters. The van der Waals surface area contributed by atoms with E-state index in [1.54, 1.807) is 6.07 Å². The molecule has 0 spiro atoms. The Morgan fingerprint density at radius 3 is 2.53 bits per heavy atom. The van der Waals surface area contributed by atoms with Crippen molar-refractivity contribution in [3.63, 3.8) is 0 Å². The fourth-order valence-electron chi connectivity index (χ4n) is 1.40. The number of carbonyl (C=O) groups is 1. The largest absolute Gasteiger partial charge is 0.507 e.